The minimum absolute atomic E-state index is 0.323. The molecular weight excluding hydrogens is 370 g/mol. The van der Waals surface area contributed by atoms with Crippen molar-refractivity contribution in [2.24, 2.45) is 0 Å². The van der Waals surface area contributed by atoms with E-state index in [0.717, 1.165) is 23.8 Å². The molecule has 1 aliphatic heterocycles. The smallest absolute Gasteiger partial charge is 0.327 e. The molecule has 4 N–H and O–H groups in total. The lowest BCUT2D eigenvalue weighted by Crippen LogP contribution is -2.21. The van der Waals surface area contributed by atoms with E-state index in [-0.39, 0.29) is 11.8 Å². The lowest BCUT2D eigenvalue weighted by Gasteiger charge is -1.97. The molecule has 0 fully saturated rings. The summed E-state index contributed by atoms with van der Waals surface area (Å²) in [4.78, 5) is 49.8. The Hall–Kier alpha value is -4.27. The van der Waals surface area contributed by atoms with E-state index >= 15 is 0 Å². The van der Waals surface area contributed by atoms with Crippen LogP contribution in [0.3, 0.4) is 0 Å². The topological polar surface area (TPSA) is 158 Å². The highest BCUT2D eigenvalue weighted by Gasteiger charge is 2.21. The van der Waals surface area contributed by atoms with Crippen LogP contribution < -0.4 is 5.32 Å². The molecule has 0 unspecified atom stereocenters. The van der Waals surface area contributed by atoms with Crippen LogP contribution in [0.5, 0.6) is 0 Å². The van der Waals surface area contributed by atoms with Crippen LogP contribution in [0.25, 0.3) is 5.57 Å². The molecule has 2 amide bonds. The number of benzene rings is 1. The summed E-state index contributed by atoms with van der Waals surface area (Å²) in [6.07, 6.45) is 3.82. The zero-order chi connectivity index (χ0) is 22.1. The molecule has 9 heteroatoms. The largest absolute Gasteiger partial charge is 0.478 e. The minimum atomic E-state index is -0.981. The molecule has 1 heterocycles. The summed E-state index contributed by atoms with van der Waals surface area (Å²) in [6.45, 7) is 8.88. The third-order valence-corrected chi connectivity index (χ3v) is 2.37. The summed E-state index contributed by atoms with van der Waals surface area (Å²) in [6, 6.07) is 9.10. The fourth-order valence-corrected chi connectivity index (χ4v) is 1.24. The molecular formula is C19H19NO8. The Bertz CT molecular complexity index is 736. The molecule has 0 saturated carbocycles. The Morgan fingerprint density at radius 2 is 1.14 bits per heavy atom. The third-order valence-electron chi connectivity index (χ3n) is 2.37. The van der Waals surface area contributed by atoms with Gasteiger partial charge in [0.15, 0.2) is 0 Å². The summed E-state index contributed by atoms with van der Waals surface area (Å²) >= 11 is 0. The van der Waals surface area contributed by atoms with E-state index in [4.69, 9.17) is 15.3 Å². The van der Waals surface area contributed by atoms with Crippen LogP contribution in [-0.2, 0) is 24.0 Å². The highest BCUT2D eigenvalue weighted by atomic mass is 16.4. The number of carboxylic acids is 3. The molecule has 1 aliphatic rings. The lowest BCUT2D eigenvalue weighted by molar-refractivity contribution is -0.132. The molecule has 28 heavy (non-hydrogen) atoms. The number of carbonyl (C=O) groups is 5. The van der Waals surface area contributed by atoms with Gasteiger partial charge in [-0.15, -0.1) is 0 Å². The zero-order valence-electron chi connectivity index (χ0n) is 14.7. The van der Waals surface area contributed by atoms with E-state index in [0.29, 0.717) is 5.57 Å². The van der Waals surface area contributed by atoms with Crippen molar-refractivity contribution in [1.82, 2.24) is 5.32 Å². The van der Waals surface area contributed by atoms with E-state index in [9.17, 15) is 24.0 Å². The van der Waals surface area contributed by atoms with Crippen molar-refractivity contribution in [3.8, 4) is 0 Å². The predicted molar refractivity (Wildman–Crippen MR) is 101 cm³/mol. The first-order chi connectivity index (χ1) is 13.1. The minimum Gasteiger partial charge on any atom is -0.478 e. The highest BCUT2D eigenvalue weighted by Crippen LogP contribution is 2.16. The van der Waals surface area contributed by atoms with Crippen molar-refractivity contribution >= 4 is 35.3 Å². The van der Waals surface area contributed by atoms with Gasteiger partial charge < -0.3 is 15.3 Å². The maximum atomic E-state index is 11.2. The van der Waals surface area contributed by atoms with Crippen LogP contribution in [-0.4, -0.2) is 45.0 Å². The second kappa shape index (κ2) is 15.0. The van der Waals surface area contributed by atoms with Gasteiger partial charge in [-0.05, 0) is 5.56 Å². The van der Waals surface area contributed by atoms with Gasteiger partial charge in [0.2, 0.25) is 0 Å². The number of rotatable bonds is 4. The van der Waals surface area contributed by atoms with Crippen molar-refractivity contribution in [2.75, 3.05) is 0 Å². The first kappa shape index (κ1) is 26.0. The predicted octanol–water partition coefficient (Wildman–Crippen LogP) is 1.50. The number of imide groups is 1. The van der Waals surface area contributed by atoms with Crippen molar-refractivity contribution in [1.29, 1.82) is 0 Å². The first-order valence-corrected chi connectivity index (χ1v) is 7.27. The Kier molecular flexibility index (Phi) is 13.9. The number of amides is 2. The van der Waals surface area contributed by atoms with Gasteiger partial charge in [-0.1, -0.05) is 50.1 Å². The number of aliphatic carboxylic acids is 3. The van der Waals surface area contributed by atoms with Crippen molar-refractivity contribution in [3.05, 3.63) is 79.9 Å². The summed E-state index contributed by atoms with van der Waals surface area (Å²) in [5.74, 6) is -3.61. The van der Waals surface area contributed by atoms with Crippen molar-refractivity contribution in [3.63, 3.8) is 0 Å². The van der Waals surface area contributed by atoms with E-state index in [1.54, 1.807) is 12.1 Å². The maximum Gasteiger partial charge on any atom is 0.327 e. The molecule has 148 valence electrons. The Morgan fingerprint density at radius 1 is 0.786 bits per heavy atom. The van der Waals surface area contributed by atoms with E-state index in [1.807, 2.05) is 18.2 Å². The van der Waals surface area contributed by atoms with Gasteiger partial charge in [0.25, 0.3) is 11.8 Å². The highest BCUT2D eigenvalue weighted by molar-refractivity contribution is 6.33. The van der Waals surface area contributed by atoms with E-state index in [1.165, 1.54) is 6.08 Å². The number of hydrogen-bond acceptors (Lipinski definition) is 5. The molecule has 0 aromatic heterocycles. The molecule has 0 aliphatic carbocycles. The Balaban J connectivity index is 0. The average Bonchev–Trinajstić information content (AvgIpc) is 3.02. The number of carboxylic acid groups (broad SMARTS) is 3. The van der Waals surface area contributed by atoms with Gasteiger partial charge in [-0.2, -0.15) is 0 Å². The fraction of sp³-hybridized carbons (Fsp3) is 0. The van der Waals surface area contributed by atoms with Crippen molar-refractivity contribution in [2.45, 2.75) is 0 Å². The fourth-order valence-electron chi connectivity index (χ4n) is 1.24. The van der Waals surface area contributed by atoms with Crippen LogP contribution in [0.1, 0.15) is 5.56 Å². The summed E-state index contributed by atoms with van der Waals surface area (Å²) in [5, 5.41) is 25.0. The number of carbonyl (C=O) groups excluding carboxylic acids is 2. The molecule has 0 radical (unpaired) electrons. The molecule has 0 saturated heterocycles. The Labute approximate surface area is 160 Å². The van der Waals surface area contributed by atoms with Gasteiger partial charge in [0.1, 0.15) is 0 Å². The number of nitrogens with one attached hydrogen (secondary N) is 1. The zero-order valence-corrected chi connectivity index (χ0v) is 14.7. The molecule has 1 aromatic rings. The van der Waals surface area contributed by atoms with Gasteiger partial charge in [0.05, 0.1) is 5.57 Å². The van der Waals surface area contributed by atoms with Crippen molar-refractivity contribution < 1.29 is 39.3 Å². The summed E-state index contributed by atoms with van der Waals surface area (Å²) < 4.78 is 0. The molecule has 1 aromatic carbocycles. The van der Waals surface area contributed by atoms with Crippen LogP contribution in [0.4, 0.5) is 0 Å². The molecule has 0 spiro atoms. The van der Waals surface area contributed by atoms with E-state index in [2.05, 4.69) is 25.1 Å². The SMILES string of the molecule is C=CC(=O)O.C=CC(=O)O.C=CC(=O)O.O=C1C=C(c2ccccc2)C(=O)N1. The van der Waals surface area contributed by atoms with Crippen LogP contribution in [0.15, 0.2) is 74.4 Å². The average molecular weight is 389 g/mol. The normalized spacial score (nSPS) is 10.6. The van der Waals surface area contributed by atoms with Gasteiger partial charge >= 0.3 is 17.9 Å². The van der Waals surface area contributed by atoms with Crippen LogP contribution in [0, 0.1) is 0 Å². The van der Waals surface area contributed by atoms with E-state index < -0.39 is 17.9 Å². The Morgan fingerprint density at radius 3 is 1.39 bits per heavy atom. The van der Waals surface area contributed by atoms with Gasteiger partial charge in [-0.3, -0.25) is 14.9 Å². The second-order valence-electron chi connectivity index (χ2n) is 4.37. The second-order valence-corrected chi connectivity index (χ2v) is 4.37. The maximum absolute atomic E-state index is 11.2. The quantitative estimate of drug-likeness (QED) is 0.445. The third kappa shape index (κ3) is 14.1. The van der Waals surface area contributed by atoms with Crippen LogP contribution in [0.2, 0.25) is 0 Å². The molecule has 2 rings (SSSR count). The van der Waals surface area contributed by atoms with Crippen LogP contribution >= 0.6 is 0 Å². The standard InChI is InChI=1S/C10H7NO2.3C3H4O2/c12-9-6-8(10(13)11-9)7-4-2-1-3-5-7;3*1-2-3(4)5/h1-6H,(H,11,12,13);3*2H,1H2,(H,4,5). The number of hydrogen-bond donors (Lipinski definition) is 4. The first-order valence-electron chi connectivity index (χ1n) is 7.27. The van der Waals surface area contributed by atoms with Gasteiger partial charge in [0, 0.05) is 24.3 Å². The summed E-state index contributed by atoms with van der Waals surface area (Å²) in [7, 11) is 0. The molecule has 0 bridgehead atoms. The molecule has 0 atom stereocenters. The van der Waals surface area contributed by atoms with Gasteiger partial charge in [-0.25, -0.2) is 14.4 Å². The monoisotopic (exact) mass is 389 g/mol. The summed E-state index contributed by atoms with van der Waals surface area (Å²) in [5.41, 5.74) is 1.21. The molecule has 9 nitrogen and oxygen atoms in total. The lowest BCUT2D eigenvalue weighted by atomic mass is 10.1.